The molecule has 0 aliphatic carbocycles. The number of carbonyl (C=O) groups excluding carboxylic acids is 1. The lowest BCUT2D eigenvalue weighted by molar-refractivity contribution is -0.119. The number of halogens is 1. The van der Waals surface area contributed by atoms with Crippen LogP contribution in [0.4, 0.5) is 5.82 Å². The van der Waals surface area contributed by atoms with E-state index < -0.39 is 0 Å². The number of rotatable bonds is 2. The van der Waals surface area contributed by atoms with E-state index in [2.05, 4.69) is 20.2 Å². The maximum absolute atomic E-state index is 10.9. The predicted molar refractivity (Wildman–Crippen MR) is 66.1 cm³/mol. The molecule has 1 amide bonds. The Kier molecular flexibility index (Phi) is 3.78. The second-order valence-electron chi connectivity index (χ2n) is 4.15. The van der Waals surface area contributed by atoms with Crippen molar-refractivity contribution in [3.05, 3.63) is 17.5 Å². The third kappa shape index (κ3) is 3.30. The van der Waals surface area contributed by atoms with E-state index in [1.54, 1.807) is 13.1 Å². The van der Waals surface area contributed by atoms with E-state index in [9.17, 15) is 4.79 Å². The number of amides is 1. The maximum Gasteiger partial charge on any atom is 0.224 e. The van der Waals surface area contributed by atoms with Gasteiger partial charge in [0.25, 0.3) is 0 Å². The van der Waals surface area contributed by atoms with Crippen LogP contribution in [-0.4, -0.2) is 35.0 Å². The summed E-state index contributed by atoms with van der Waals surface area (Å²) in [7, 11) is 0. The number of nitrogens with zero attached hydrogens (tertiary/aromatic N) is 3. The number of nitrogens with one attached hydrogen (secondary N) is 1. The maximum atomic E-state index is 10.9. The van der Waals surface area contributed by atoms with Crippen molar-refractivity contribution in [1.82, 2.24) is 15.3 Å². The van der Waals surface area contributed by atoms with Crippen LogP contribution in [0.5, 0.6) is 0 Å². The van der Waals surface area contributed by atoms with Gasteiger partial charge in [0.05, 0.1) is 0 Å². The Morgan fingerprint density at radius 1 is 1.53 bits per heavy atom. The summed E-state index contributed by atoms with van der Waals surface area (Å²) >= 11 is 5.76. The zero-order chi connectivity index (χ0) is 12.3. The van der Waals surface area contributed by atoms with E-state index in [1.165, 1.54) is 0 Å². The molecule has 6 heteroatoms. The van der Waals surface area contributed by atoms with Crippen LogP contribution in [0.1, 0.15) is 19.8 Å². The molecule has 0 atom stereocenters. The summed E-state index contributed by atoms with van der Waals surface area (Å²) in [4.78, 5) is 21.1. The normalized spacial score (nSPS) is 16.9. The standard InChI is InChI=1S/C11H15ClN4O/c1-8(17)14-9-3-6-16(7-4-9)10-2-5-13-11(12)15-10/h2,5,9H,3-4,6-7H2,1H3,(H,14,17). The highest BCUT2D eigenvalue weighted by Gasteiger charge is 2.20. The van der Waals surface area contributed by atoms with Crippen molar-refractivity contribution < 1.29 is 4.79 Å². The third-order valence-electron chi connectivity index (χ3n) is 2.84. The molecule has 1 N–H and O–H groups in total. The fourth-order valence-corrected chi connectivity index (χ4v) is 2.19. The van der Waals surface area contributed by atoms with Crippen molar-refractivity contribution in [3.63, 3.8) is 0 Å². The van der Waals surface area contributed by atoms with E-state index >= 15 is 0 Å². The molecule has 1 aromatic rings. The van der Waals surface area contributed by atoms with Gasteiger partial charge in [-0.15, -0.1) is 0 Å². The summed E-state index contributed by atoms with van der Waals surface area (Å²) in [6.45, 7) is 3.30. The van der Waals surface area contributed by atoms with Crippen LogP contribution < -0.4 is 10.2 Å². The van der Waals surface area contributed by atoms with Gasteiger partial charge in [-0.05, 0) is 30.5 Å². The quantitative estimate of drug-likeness (QED) is 0.807. The van der Waals surface area contributed by atoms with E-state index in [-0.39, 0.29) is 17.2 Å². The minimum atomic E-state index is 0.0357. The number of hydrogen-bond donors (Lipinski definition) is 1. The van der Waals surface area contributed by atoms with Crippen molar-refractivity contribution in [2.24, 2.45) is 0 Å². The largest absolute Gasteiger partial charge is 0.356 e. The summed E-state index contributed by atoms with van der Waals surface area (Å²) in [6.07, 6.45) is 3.52. The van der Waals surface area contributed by atoms with Crippen LogP contribution >= 0.6 is 11.6 Å². The summed E-state index contributed by atoms with van der Waals surface area (Å²) in [5.41, 5.74) is 0. The molecule has 0 saturated carbocycles. The number of hydrogen-bond acceptors (Lipinski definition) is 4. The van der Waals surface area contributed by atoms with Crippen LogP contribution in [0.25, 0.3) is 0 Å². The Morgan fingerprint density at radius 3 is 2.82 bits per heavy atom. The molecule has 0 radical (unpaired) electrons. The molecular formula is C11H15ClN4O. The molecule has 5 nitrogen and oxygen atoms in total. The van der Waals surface area contributed by atoms with Gasteiger partial charge in [0, 0.05) is 32.3 Å². The zero-order valence-electron chi connectivity index (χ0n) is 9.69. The molecule has 1 aliphatic heterocycles. The lowest BCUT2D eigenvalue weighted by Gasteiger charge is -2.32. The Morgan fingerprint density at radius 2 is 2.24 bits per heavy atom. The van der Waals surface area contributed by atoms with Gasteiger partial charge in [0.15, 0.2) is 0 Å². The molecule has 17 heavy (non-hydrogen) atoms. The molecule has 0 unspecified atom stereocenters. The Balaban J connectivity index is 1.93. The Hall–Kier alpha value is -1.36. The van der Waals surface area contributed by atoms with Crippen LogP contribution in [0.15, 0.2) is 12.3 Å². The monoisotopic (exact) mass is 254 g/mol. The number of piperidine rings is 1. The van der Waals surface area contributed by atoms with Crippen molar-refractivity contribution in [1.29, 1.82) is 0 Å². The molecule has 2 rings (SSSR count). The minimum Gasteiger partial charge on any atom is -0.356 e. The Labute approximate surface area is 105 Å². The molecule has 0 bridgehead atoms. The van der Waals surface area contributed by atoms with E-state index in [1.807, 2.05) is 6.07 Å². The number of aromatic nitrogens is 2. The van der Waals surface area contributed by atoms with Gasteiger partial charge in [0.2, 0.25) is 11.2 Å². The van der Waals surface area contributed by atoms with Gasteiger partial charge >= 0.3 is 0 Å². The highest BCUT2D eigenvalue weighted by Crippen LogP contribution is 2.18. The van der Waals surface area contributed by atoms with Crippen LogP contribution in [0.3, 0.4) is 0 Å². The van der Waals surface area contributed by atoms with Crippen molar-refractivity contribution in [2.45, 2.75) is 25.8 Å². The van der Waals surface area contributed by atoms with E-state index in [0.29, 0.717) is 0 Å². The second kappa shape index (κ2) is 5.31. The van der Waals surface area contributed by atoms with Gasteiger partial charge in [0.1, 0.15) is 5.82 Å². The van der Waals surface area contributed by atoms with Gasteiger partial charge in [-0.3, -0.25) is 4.79 Å². The molecular weight excluding hydrogens is 240 g/mol. The average Bonchev–Trinajstić information content (AvgIpc) is 2.29. The zero-order valence-corrected chi connectivity index (χ0v) is 10.4. The van der Waals surface area contributed by atoms with E-state index in [0.717, 1.165) is 31.7 Å². The average molecular weight is 255 g/mol. The molecule has 92 valence electrons. The predicted octanol–water partition coefficient (Wildman–Crippen LogP) is 1.23. The molecule has 1 aromatic heterocycles. The first-order valence-corrected chi connectivity index (χ1v) is 6.03. The fraction of sp³-hybridized carbons (Fsp3) is 0.545. The summed E-state index contributed by atoms with van der Waals surface area (Å²) < 4.78 is 0. The first kappa shape index (κ1) is 12.1. The first-order chi connectivity index (χ1) is 8.15. The van der Waals surface area contributed by atoms with Gasteiger partial charge < -0.3 is 10.2 Å². The van der Waals surface area contributed by atoms with E-state index in [4.69, 9.17) is 11.6 Å². The molecule has 0 spiro atoms. The molecule has 1 aliphatic rings. The SMILES string of the molecule is CC(=O)NC1CCN(c2ccnc(Cl)n2)CC1. The van der Waals surface area contributed by atoms with Crippen LogP contribution in [0.2, 0.25) is 5.28 Å². The van der Waals surface area contributed by atoms with Gasteiger partial charge in [-0.2, -0.15) is 0 Å². The highest BCUT2D eigenvalue weighted by molar-refractivity contribution is 6.28. The van der Waals surface area contributed by atoms with Crippen LogP contribution in [0, 0.1) is 0 Å². The highest BCUT2D eigenvalue weighted by atomic mass is 35.5. The van der Waals surface area contributed by atoms with Gasteiger partial charge in [-0.25, -0.2) is 9.97 Å². The summed E-state index contributed by atoms with van der Waals surface area (Å²) in [5.74, 6) is 0.889. The minimum absolute atomic E-state index is 0.0357. The number of anilines is 1. The topological polar surface area (TPSA) is 58.1 Å². The lowest BCUT2D eigenvalue weighted by Crippen LogP contribution is -2.44. The smallest absolute Gasteiger partial charge is 0.224 e. The second-order valence-corrected chi connectivity index (χ2v) is 4.48. The van der Waals surface area contributed by atoms with Crippen molar-refractivity contribution >= 4 is 23.3 Å². The third-order valence-corrected chi connectivity index (χ3v) is 3.02. The first-order valence-electron chi connectivity index (χ1n) is 5.66. The molecule has 2 heterocycles. The van der Waals surface area contributed by atoms with Crippen molar-refractivity contribution in [2.75, 3.05) is 18.0 Å². The lowest BCUT2D eigenvalue weighted by atomic mass is 10.1. The van der Waals surface area contributed by atoms with Crippen LogP contribution in [-0.2, 0) is 4.79 Å². The summed E-state index contributed by atoms with van der Waals surface area (Å²) in [5, 5.41) is 3.21. The number of carbonyl (C=O) groups is 1. The van der Waals surface area contributed by atoms with Gasteiger partial charge in [-0.1, -0.05) is 0 Å². The van der Waals surface area contributed by atoms with Crippen molar-refractivity contribution in [3.8, 4) is 0 Å². The Bertz CT molecular complexity index is 404. The molecule has 0 aromatic carbocycles. The molecule has 1 fully saturated rings. The summed E-state index contributed by atoms with van der Waals surface area (Å²) in [6, 6.07) is 2.13. The fourth-order valence-electron chi connectivity index (χ4n) is 2.04. The molecule has 1 saturated heterocycles.